The maximum absolute atomic E-state index is 12.2. The van der Waals surface area contributed by atoms with Crippen LogP contribution in [0, 0.1) is 11.8 Å². The van der Waals surface area contributed by atoms with Gasteiger partial charge in [0.05, 0.1) is 12.8 Å². The molecule has 2 amide bonds. The Morgan fingerprint density at radius 2 is 1.90 bits per heavy atom. The molecule has 0 aliphatic heterocycles. The molecule has 1 rings (SSSR count). The van der Waals surface area contributed by atoms with Crippen LogP contribution in [0.1, 0.15) is 46.3 Å². The molecule has 0 radical (unpaired) electrons. The van der Waals surface area contributed by atoms with Crippen LogP contribution in [0.3, 0.4) is 0 Å². The summed E-state index contributed by atoms with van der Waals surface area (Å²) in [5.74, 6) is 1.04. The van der Waals surface area contributed by atoms with Crippen LogP contribution in [0.15, 0.2) is 22.8 Å². The van der Waals surface area contributed by atoms with E-state index in [0.717, 1.165) is 0 Å². The van der Waals surface area contributed by atoms with Crippen molar-refractivity contribution in [3.8, 4) is 0 Å². The molecule has 2 N–H and O–H groups in total. The van der Waals surface area contributed by atoms with Gasteiger partial charge < -0.3 is 15.1 Å². The highest BCUT2D eigenvalue weighted by Gasteiger charge is 2.22. The van der Waals surface area contributed by atoms with Crippen LogP contribution in [-0.4, -0.2) is 17.9 Å². The lowest BCUT2D eigenvalue weighted by molar-refractivity contribution is -0.129. The van der Waals surface area contributed by atoms with Gasteiger partial charge >= 0.3 is 0 Å². The maximum Gasteiger partial charge on any atom is 0.242 e. The van der Waals surface area contributed by atoms with Gasteiger partial charge in [0, 0.05) is 6.42 Å². The highest BCUT2D eigenvalue weighted by atomic mass is 16.3. The molecular weight excluding hydrogens is 268 g/mol. The third-order valence-corrected chi connectivity index (χ3v) is 2.97. The minimum Gasteiger partial charge on any atom is -0.467 e. The van der Waals surface area contributed by atoms with Crippen LogP contribution >= 0.6 is 0 Å². The van der Waals surface area contributed by atoms with E-state index in [2.05, 4.69) is 10.6 Å². The molecule has 5 nitrogen and oxygen atoms in total. The van der Waals surface area contributed by atoms with Crippen LogP contribution < -0.4 is 10.6 Å². The Labute approximate surface area is 126 Å². The van der Waals surface area contributed by atoms with Gasteiger partial charge in [-0.3, -0.25) is 9.59 Å². The molecule has 0 fully saturated rings. The fourth-order valence-electron chi connectivity index (χ4n) is 2.04. The molecule has 0 saturated carbocycles. The topological polar surface area (TPSA) is 71.3 Å². The molecule has 118 valence electrons. The van der Waals surface area contributed by atoms with E-state index in [0.29, 0.717) is 31.1 Å². The summed E-state index contributed by atoms with van der Waals surface area (Å²) >= 11 is 0. The largest absolute Gasteiger partial charge is 0.467 e. The van der Waals surface area contributed by atoms with Crippen molar-refractivity contribution in [2.45, 2.75) is 53.1 Å². The number of nitrogens with one attached hydrogen (secondary N) is 2. The van der Waals surface area contributed by atoms with Gasteiger partial charge in [-0.15, -0.1) is 0 Å². The van der Waals surface area contributed by atoms with Gasteiger partial charge in [-0.2, -0.15) is 0 Å². The van der Waals surface area contributed by atoms with E-state index >= 15 is 0 Å². The lowest BCUT2D eigenvalue weighted by atomic mass is 10.0. The monoisotopic (exact) mass is 294 g/mol. The zero-order valence-corrected chi connectivity index (χ0v) is 13.3. The summed E-state index contributed by atoms with van der Waals surface area (Å²) in [4.78, 5) is 24.1. The average Bonchev–Trinajstić information content (AvgIpc) is 2.86. The molecule has 21 heavy (non-hydrogen) atoms. The van der Waals surface area contributed by atoms with Crippen molar-refractivity contribution in [3.05, 3.63) is 24.2 Å². The predicted octanol–water partition coefficient (Wildman–Crippen LogP) is 2.47. The lowest BCUT2D eigenvalue weighted by Crippen LogP contribution is -2.47. The quantitative estimate of drug-likeness (QED) is 0.773. The van der Waals surface area contributed by atoms with E-state index in [1.165, 1.54) is 0 Å². The Morgan fingerprint density at radius 3 is 2.43 bits per heavy atom. The highest BCUT2D eigenvalue weighted by molar-refractivity contribution is 5.87. The SMILES string of the molecule is CC(C)CC(=O)N[C@H](CC(C)C)C(=O)NCc1ccco1. The van der Waals surface area contributed by atoms with Crippen molar-refractivity contribution in [2.24, 2.45) is 11.8 Å². The number of carbonyl (C=O) groups excluding carboxylic acids is 2. The first kappa shape index (κ1) is 17.3. The Bertz CT molecular complexity index is 438. The molecule has 5 heteroatoms. The molecule has 0 aromatic carbocycles. The van der Waals surface area contributed by atoms with Gasteiger partial charge in [0.1, 0.15) is 11.8 Å². The highest BCUT2D eigenvalue weighted by Crippen LogP contribution is 2.07. The first-order valence-electron chi connectivity index (χ1n) is 7.48. The molecule has 0 bridgehead atoms. The molecule has 1 aromatic heterocycles. The van der Waals surface area contributed by atoms with Crippen molar-refractivity contribution in [3.63, 3.8) is 0 Å². The van der Waals surface area contributed by atoms with Crippen molar-refractivity contribution >= 4 is 11.8 Å². The van der Waals surface area contributed by atoms with Gasteiger partial charge in [-0.25, -0.2) is 0 Å². The summed E-state index contributed by atoms with van der Waals surface area (Å²) < 4.78 is 5.18. The second-order valence-corrected chi connectivity index (χ2v) is 6.14. The fraction of sp³-hybridized carbons (Fsp3) is 0.625. The van der Waals surface area contributed by atoms with E-state index in [9.17, 15) is 9.59 Å². The summed E-state index contributed by atoms with van der Waals surface area (Å²) in [6.07, 6.45) is 2.62. The van der Waals surface area contributed by atoms with Gasteiger partial charge in [0.15, 0.2) is 0 Å². The first-order chi connectivity index (χ1) is 9.88. The van der Waals surface area contributed by atoms with Gasteiger partial charge in [-0.1, -0.05) is 27.7 Å². The molecule has 1 aromatic rings. The zero-order valence-electron chi connectivity index (χ0n) is 13.3. The second kappa shape index (κ2) is 8.49. The maximum atomic E-state index is 12.2. The Morgan fingerprint density at radius 1 is 1.19 bits per heavy atom. The number of amides is 2. The molecule has 0 unspecified atom stereocenters. The number of furan rings is 1. The molecule has 1 heterocycles. The second-order valence-electron chi connectivity index (χ2n) is 6.14. The van der Waals surface area contributed by atoms with Crippen LogP contribution in [0.4, 0.5) is 0 Å². The summed E-state index contributed by atoms with van der Waals surface area (Å²) in [5, 5.41) is 5.63. The van der Waals surface area contributed by atoms with Crippen molar-refractivity contribution < 1.29 is 14.0 Å². The number of hydrogen-bond donors (Lipinski definition) is 2. The van der Waals surface area contributed by atoms with E-state index in [-0.39, 0.29) is 17.7 Å². The van der Waals surface area contributed by atoms with E-state index in [1.54, 1.807) is 18.4 Å². The zero-order chi connectivity index (χ0) is 15.8. The normalized spacial score (nSPS) is 12.5. The van der Waals surface area contributed by atoms with Crippen LogP contribution in [0.25, 0.3) is 0 Å². The van der Waals surface area contributed by atoms with Crippen molar-refractivity contribution in [2.75, 3.05) is 0 Å². The molecule has 0 spiro atoms. The van der Waals surface area contributed by atoms with E-state index in [4.69, 9.17) is 4.42 Å². The standard InChI is InChI=1S/C16H26N2O3/c1-11(2)8-14(18-15(19)9-12(3)4)16(20)17-10-13-6-5-7-21-13/h5-7,11-12,14H,8-10H2,1-4H3,(H,17,20)(H,18,19)/t14-/m1/s1. The van der Waals surface area contributed by atoms with Crippen LogP contribution in [-0.2, 0) is 16.1 Å². The van der Waals surface area contributed by atoms with Crippen molar-refractivity contribution in [1.29, 1.82) is 0 Å². The Kier molecular flexibility index (Phi) is 6.99. The summed E-state index contributed by atoms with van der Waals surface area (Å²) in [6.45, 7) is 8.35. The number of carbonyl (C=O) groups is 2. The molecule has 0 aliphatic rings. The van der Waals surface area contributed by atoms with Crippen LogP contribution in [0.5, 0.6) is 0 Å². The molecule has 1 atom stereocenters. The van der Waals surface area contributed by atoms with Gasteiger partial charge in [0.25, 0.3) is 0 Å². The minimum absolute atomic E-state index is 0.0798. The number of rotatable bonds is 8. The lowest BCUT2D eigenvalue weighted by Gasteiger charge is -2.20. The smallest absolute Gasteiger partial charge is 0.242 e. The number of hydrogen-bond acceptors (Lipinski definition) is 3. The summed E-state index contributed by atoms with van der Waals surface area (Å²) in [7, 11) is 0. The summed E-state index contributed by atoms with van der Waals surface area (Å²) in [5.41, 5.74) is 0. The third kappa shape index (κ3) is 6.97. The minimum atomic E-state index is -0.494. The Balaban J connectivity index is 2.54. The fourth-order valence-corrected chi connectivity index (χ4v) is 2.04. The first-order valence-corrected chi connectivity index (χ1v) is 7.48. The third-order valence-electron chi connectivity index (χ3n) is 2.97. The van der Waals surface area contributed by atoms with Crippen molar-refractivity contribution in [1.82, 2.24) is 10.6 Å². The predicted molar refractivity (Wildman–Crippen MR) is 81.4 cm³/mol. The molecular formula is C16H26N2O3. The Hall–Kier alpha value is -1.78. The van der Waals surface area contributed by atoms with Gasteiger partial charge in [-0.05, 0) is 30.4 Å². The average molecular weight is 294 g/mol. The van der Waals surface area contributed by atoms with E-state index < -0.39 is 6.04 Å². The van der Waals surface area contributed by atoms with Crippen LogP contribution in [0.2, 0.25) is 0 Å². The summed E-state index contributed by atoms with van der Waals surface area (Å²) in [6, 6.07) is 3.08. The van der Waals surface area contributed by atoms with E-state index in [1.807, 2.05) is 27.7 Å². The van der Waals surface area contributed by atoms with Gasteiger partial charge in [0.2, 0.25) is 11.8 Å². The molecule has 0 aliphatic carbocycles. The molecule has 0 saturated heterocycles.